The quantitative estimate of drug-likeness (QED) is 0.690. The van der Waals surface area contributed by atoms with E-state index < -0.39 is 11.5 Å². The molecule has 0 aromatic rings. The number of aliphatic carboxylic acids is 1. The van der Waals surface area contributed by atoms with E-state index in [0.29, 0.717) is 26.3 Å². The Hall–Kier alpha value is -0.650. The van der Waals surface area contributed by atoms with Crippen molar-refractivity contribution in [2.45, 2.75) is 31.2 Å². The second kappa shape index (κ2) is 6.93. The molecule has 0 bridgehead atoms. The summed E-state index contributed by atoms with van der Waals surface area (Å²) in [7, 11) is 3.27. The summed E-state index contributed by atoms with van der Waals surface area (Å²) in [6.45, 7) is 2.40. The normalized spacial score (nSPS) is 18.8. The van der Waals surface area contributed by atoms with Crippen molar-refractivity contribution >= 4 is 5.97 Å². The molecule has 0 aromatic carbocycles. The molecule has 100 valence electrons. The van der Waals surface area contributed by atoms with Gasteiger partial charge in [0.15, 0.2) is 0 Å². The number of ether oxygens (including phenoxy) is 2. The highest BCUT2D eigenvalue weighted by atomic mass is 16.5. The van der Waals surface area contributed by atoms with Crippen LogP contribution in [0.4, 0.5) is 0 Å². The summed E-state index contributed by atoms with van der Waals surface area (Å²) in [5.41, 5.74) is -0.697. The third-order valence-corrected chi connectivity index (χ3v) is 3.56. The molecule has 1 N–H and O–H groups in total. The summed E-state index contributed by atoms with van der Waals surface area (Å²) in [5, 5.41) is 9.51. The van der Waals surface area contributed by atoms with Crippen molar-refractivity contribution in [1.29, 1.82) is 0 Å². The third-order valence-electron chi connectivity index (χ3n) is 3.56. The first-order chi connectivity index (χ1) is 8.17. The Labute approximate surface area is 103 Å². The maximum atomic E-state index is 11.6. The second-order valence-electron chi connectivity index (χ2n) is 4.52. The van der Waals surface area contributed by atoms with Gasteiger partial charge in [0.2, 0.25) is 0 Å². The number of hydrogen-bond donors (Lipinski definition) is 1. The van der Waals surface area contributed by atoms with Gasteiger partial charge in [-0.3, -0.25) is 9.69 Å². The Morgan fingerprint density at radius 3 is 2.00 bits per heavy atom. The maximum absolute atomic E-state index is 11.6. The molecule has 17 heavy (non-hydrogen) atoms. The van der Waals surface area contributed by atoms with E-state index in [9.17, 15) is 9.90 Å². The minimum Gasteiger partial charge on any atom is -0.480 e. The van der Waals surface area contributed by atoms with E-state index in [4.69, 9.17) is 9.47 Å². The Bertz CT molecular complexity index is 231. The van der Waals surface area contributed by atoms with Crippen LogP contribution in [0.1, 0.15) is 25.7 Å². The molecule has 0 saturated heterocycles. The van der Waals surface area contributed by atoms with Gasteiger partial charge in [0.05, 0.1) is 13.2 Å². The van der Waals surface area contributed by atoms with Crippen molar-refractivity contribution < 1.29 is 19.4 Å². The first kappa shape index (κ1) is 14.4. The highest BCUT2D eigenvalue weighted by Crippen LogP contribution is 2.35. The molecule has 1 aliphatic rings. The number of nitrogens with zero attached hydrogens (tertiary/aromatic N) is 1. The lowest BCUT2D eigenvalue weighted by Gasteiger charge is -2.37. The Morgan fingerprint density at radius 1 is 1.18 bits per heavy atom. The van der Waals surface area contributed by atoms with Gasteiger partial charge in [0, 0.05) is 27.3 Å². The molecule has 5 heteroatoms. The van der Waals surface area contributed by atoms with Crippen LogP contribution >= 0.6 is 0 Å². The Balaban J connectivity index is 2.72. The standard InChI is InChI=1S/C12H23NO4/c1-16-9-7-13(8-10-17-2)12(11(14)15)5-3-4-6-12/h3-10H2,1-2H3,(H,14,15). The van der Waals surface area contributed by atoms with Gasteiger partial charge in [-0.2, -0.15) is 0 Å². The highest BCUT2D eigenvalue weighted by Gasteiger charge is 2.45. The van der Waals surface area contributed by atoms with Crippen molar-refractivity contribution in [2.75, 3.05) is 40.5 Å². The average molecular weight is 245 g/mol. The minimum absolute atomic E-state index is 0.554. The molecule has 0 amide bonds. The van der Waals surface area contributed by atoms with Crippen LogP contribution in [0.2, 0.25) is 0 Å². The zero-order chi connectivity index (χ0) is 12.7. The zero-order valence-electron chi connectivity index (χ0n) is 10.8. The molecule has 1 rings (SSSR count). The molecule has 1 fully saturated rings. The van der Waals surface area contributed by atoms with E-state index >= 15 is 0 Å². The average Bonchev–Trinajstić information content (AvgIpc) is 2.79. The Kier molecular flexibility index (Phi) is 5.88. The summed E-state index contributed by atoms with van der Waals surface area (Å²) in [4.78, 5) is 13.6. The summed E-state index contributed by atoms with van der Waals surface area (Å²) < 4.78 is 10.1. The molecule has 0 aliphatic heterocycles. The molecule has 1 aliphatic carbocycles. The molecule has 5 nitrogen and oxygen atoms in total. The van der Waals surface area contributed by atoms with Crippen LogP contribution in [0, 0.1) is 0 Å². The minimum atomic E-state index is -0.706. The molecule has 0 heterocycles. The predicted molar refractivity (Wildman–Crippen MR) is 64.2 cm³/mol. The van der Waals surface area contributed by atoms with E-state index in [2.05, 4.69) is 0 Å². The molecular weight excluding hydrogens is 222 g/mol. The number of carbonyl (C=O) groups is 1. The summed E-state index contributed by atoms with van der Waals surface area (Å²) in [6.07, 6.45) is 3.44. The van der Waals surface area contributed by atoms with Crippen LogP contribution in [0.5, 0.6) is 0 Å². The first-order valence-corrected chi connectivity index (χ1v) is 6.13. The van der Waals surface area contributed by atoms with E-state index in [1.807, 2.05) is 4.90 Å². The summed E-state index contributed by atoms with van der Waals surface area (Å²) in [5.74, 6) is -0.706. The predicted octanol–water partition coefficient (Wildman–Crippen LogP) is 0.979. The summed E-state index contributed by atoms with van der Waals surface area (Å²) >= 11 is 0. The number of rotatable bonds is 8. The fraction of sp³-hybridized carbons (Fsp3) is 0.917. The van der Waals surface area contributed by atoms with Crippen LogP contribution in [0.25, 0.3) is 0 Å². The van der Waals surface area contributed by atoms with Gasteiger partial charge >= 0.3 is 5.97 Å². The fourth-order valence-corrected chi connectivity index (χ4v) is 2.57. The van der Waals surface area contributed by atoms with Crippen molar-refractivity contribution in [1.82, 2.24) is 4.90 Å². The van der Waals surface area contributed by atoms with Crippen molar-refractivity contribution in [3.8, 4) is 0 Å². The summed E-state index contributed by atoms with van der Waals surface area (Å²) in [6, 6.07) is 0. The SMILES string of the molecule is COCCN(CCOC)C1(C(=O)O)CCCC1. The first-order valence-electron chi connectivity index (χ1n) is 6.13. The maximum Gasteiger partial charge on any atom is 0.324 e. The number of methoxy groups -OCH3 is 2. The third kappa shape index (κ3) is 3.40. The van der Waals surface area contributed by atoms with Crippen LogP contribution in [0.15, 0.2) is 0 Å². The van der Waals surface area contributed by atoms with Crippen molar-refractivity contribution in [2.24, 2.45) is 0 Å². The largest absolute Gasteiger partial charge is 0.480 e. The van der Waals surface area contributed by atoms with Gasteiger partial charge in [-0.05, 0) is 12.8 Å². The van der Waals surface area contributed by atoms with Gasteiger partial charge < -0.3 is 14.6 Å². The van der Waals surface area contributed by atoms with Gasteiger partial charge in [0.25, 0.3) is 0 Å². The molecule has 1 saturated carbocycles. The van der Waals surface area contributed by atoms with Gasteiger partial charge in [-0.1, -0.05) is 12.8 Å². The number of carboxylic acid groups (broad SMARTS) is 1. The Morgan fingerprint density at radius 2 is 1.65 bits per heavy atom. The highest BCUT2D eigenvalue weighted by molar-refractivity contribution is 5.79. The van der Waals surface area contributed by atoms with Crippen molar-refractivity contribution in [3.05, 3.63) is 0 Å². The lowest BCUT2D eigenvalue weighted by Crippen LogP contribution is -2.54. The van der Waals surface area contributed by atoms with E-state index in [0.717, 1.165) is 25.7 Å². The number of hydrogen-bond acceptors (Lipinski definition) is 4. The van der Waals surface area contributed by atoms with Crippen LogP contribution < -0.4 is 0 Å². The van der Waals surface area contributed by atoms with Crippen molar-refractivity contribution in [3.63, 3.8) is 0 Å². The van der Waals surface area contributed by atoms with E-state index in [1.165, 1.54) is 0 Å². The zero-order valence-corrected chi connectivity index (χ0v) is 10.8. The van der Waals surface area contributed by atoms with Crippen LogP contribution in [-0.4, -0.2) is 62.0 Å². The second-order valence-corrected chi connectivity index (χ2v) is 4.52. The smallest absolute Gasteiger partial charge is 0.324 e. The van der Waals surface area contributed by atoms with E-state index in [1.54, 1.807) is 14.2 Å². The molecular formula is C12H23NO4. The van der Waals surface area contributed by atoms with Gasteiger partial charge in [-0.25, -0.2) is 0 Å². The molecule has 0 spiro atoms. The lowest BCUT2D eigenvalue weighted by atomic mass is 9.95. The topological polar surface area (TPSA) is 59.0 Å². The van der Waals surface area contributed by atoms with E-state index in [-0.39, 0.29) is 0 Å². The molecule has 0 radical (unpaired) electrons. The monoisotopic (exact) mass is 245 g/mol. The van der Waals surface area contributed by atoms with Gasteiger partial charge in [-0.15, -0.1) is 0 Å². The molecule has 0 atom stereocenters. The number of carboxylic acids is 1. The van der Waals surface area contributed by atoms with Gasteiger partial charge in [0.1, 0.15) is 5.54 Å². The van der Waals surface area contributed by atoms with Crippen LogP contribution in [-0.2, 0) is 14.3 Å². The molecule has 0 unspecified atom stereocenters. The van der Waals surface area contributed by atoms with Crippen LogP contribution in [0.3, 0.4) is 0 Å². The fourth-order valence-electron chi connectivity index (χ4n) is 2.57. The lowest BCUT2D eigenvalue weighted by molar-refractivity contribution is -0.152. The molecule has 0 aromatic heterocycles.